The Morgan fingerprint density at radius 2 is 2.11 bits per heavy atom. The molecule has 1 N–H and O–H groups in total. The van der Waals surface area contributed by atoms with Crippen molar-refractivity contribution < 1.29 is 4.79 Å². The smallest absolute Gasteiger partial charge is 0.274 e. The first-order valence-electron chi connectivity index (χ1n) is 10.2. The molecule has 1 amide bonds. The van der Waals surface area contributed by atoms with Gasteiger partial charge in [0.1, 0.15) is 11.5 Å². The predicted octanol–water partition coefficient (Wildman–Crippen LogP) is 2.50. The molecule has 150 valence electrons. The lowest BCUT2D eigenvalue weighted by Crippen LogP contribution is -2.37. The Morgan fingerprint density at radius 3 is 2.82 bits per heavy atom. The molecule has 1 saturated heterocycles. The second-order valence-corrected chi connectivity index (χ2v) is 9.20. The number of fused-ring (bicyclic) bond motifs is 1. The van der Waals surface area contributed by atoms with Crippen LogP contribution in [-0.2, 0) is 18.4 Å². The van der Waals surface area contributed by atoms with Crippen LogP contribution in [0.2, 0.25) is 0 Å². The summed E-state index contributed by atoms with van der Waals surface area (Å²) in [5.74, 6) is 1.35. The molecular formula is C21H30N6O. The van der Waals surface area contributed by atoms with Crippen LogP contribution in [0.5, 0.6) is 0 Å². The number of aromatic nitrogens is 4. The van der Waals surface area contributed by atoms with Gasteiger partial charge in [-0.05, 0) is 32.5 Å². The summed E-state index contributed by atoms with van der Waals surface area (Å²) in [6.07, 6.45) is 5.06. The maximum absolute atomic E-state index is 12.9. The number of carbonyl (C=O) groups is 1. The molecule has 2 aliphatic heterocycles. The highest BCUT2D eigenvalue weighted by molar-refractivity contribution is 5.92. The minimum Gasteiger partial charge on any atom is -0.332 e. The number of hydrogen-bond acceptors (Lipinski definition) is 5. The van der Waals surface area contributed by atoms with E-state index in [-0.39, 0.29) is 11.3 Å². The Morgan fingerprint density at radius 1 is 1.29 bits per heavy atom. The summed E-state index contributed by atoms with van der Waals surface area (Å²) in [5.41, 5.74) is 3.55. The van der Waals surface area contributed by atoms with Crippen LogP contribution in [0.1, 0.15) is 72.8 Å². The molecule has 28 heavy (non-hydrogen) atoms. The van der Waals surface area contributed by atoms with Crippen LogP contribution < -0.4 is 0 Å². The van der Waals surface area contributed by atoms with Gasteiger partial charge >= 0.3 is 0 Å². The molecule has 1 atom stereocenters. The minimum atomic E-state index is -0.0581. The molecule has 0 unspecified atom stereocenters. The zero-order chi connectivity index (χ0) is 19.9. The van der Waals surface area contributed by atoms with E-state index in [1.54, 1.807) is 0 Å². The summed E-state index contributed by atoms with van der Waals surface area (Å²) in [6.45, 7) is 9.71. The molecule has 2 aromatic heterocycles. The van der Waals surface area contributed by atoms with Crippen LogP contribution >= 0.6 is 0 Å². The van der Waals surface area contributed by atoms with Gasteiger partial charge in [0.05, 0.1) is 5.69 Å². The van der Waals surface area contributed by atoms with E-state index in [1.807, 2.05) is 17.2 Å². The first-order valence-corrected chi connectivity index (χ1v) is 10.2. The van der Waals surface area contributed by atoms with Gasteiger partial charge in [0.15, 0.2) is 0 Å². The maximum atomic E-state index is 12.9. The quantitative estimate of drug-likeness (QED) is 0.863. The number of amides is 1. The van der Waals surface area contributed by atoms with Gasteiger partial charge in [-0.3, -0.25) is 9.89 Å². The van der Waals surface area contributed by atoms with Gasteiger partial charge in [-0.1, -0.05) is 20.8 Å². The molecule has 0 saturated carbocycles. The molecule has 4 rings (SSSR count). The second kappa shape index (κ2) is 7.28. The van der Waals surface area contributed by atoms with Crippen molar-refractivity contribution >= 4 is 5.91 Å². The van der Waals surface area contributed by atoms with Crippen LogP contribution in [0, 0.1) is 0 Å². The van der Waals surface area contributed by atoms with Gasteiger partial charge in [-0.2, -0.15) is 5.10 Å². The number of aromatic amines is 1. The number of likely N-dealkylation sites (N-methyl/N-ethyl adjacent to an activating group) is 1. The number of likely N-dealkylation sites (tertiary alicyclic amines) is 1. The van der Waals surface area contributed by atoms with Crippen LogP contribution in [0.4, 0.5) is 0 Å². The van der Waals surface area contributed by atoms with Gasteiger partial charge in [0.2, 0.25) is 0 Å². The van der Waals surface area contributed by atoms with Crippen molar-refractivity contribution in [1.29, 1.82) is 0 Å². The van der Waals surface area contributed by atoms with Crippen LogP contribution in [0.3, 0.4) is 0 Å². The van der Waals surface area contributed by atoms with Crippen molar-refractivity contribution in [2.24, 2.45) is 0 Å². The summed E-state index contributed by atoms with van der Waals surface area (Å²) in [6, 6.07) is 1.87. The molecule has 0 bridgehead atoms. The number of nitrogens with one attached hydrogen (secondary N) is 1. The number of H-pyrrole nitrogens is 1. The lowest BCUT2D eigenvalue weighted by molar-refractivity contribution is 0.0727. The van der Waals surface area contributed by atoms with Crippen molar-refractivity contribution in [3.05, 3.63) is 40.7 Å². The number of nitrogens with zero attached hydrogens (tertiary/aromatic N) is 5. The zero-order valence-electron chi connectivity index (χ0n) is 17.3. The highest BCUT2D eigenvalue weighted by Gasteiger charge is 2.28. The van der Waals surface area contributed by atoms with E-state index in [4.69, 9.17) is 4.98 Å². The summed E-state index contributed by atoms with van der Waals surface area (Å²) in [4.78, 5) is 26.6. The van der Waals surface area contributed by atoms with Crippen LogP contribution in [0.15, 0.2) is 12.3 Å². The summed E-state index contributed by atoms with van der Waals surface area (Å²) in [7, 11) is 2.16. The first kappa shape index (κ1) is 19.1. The Hall–Kier alpha value is -2.28. The molecule has 7 heteroatoms. The molecule has 0 radical (unpaired) electrons. The van der Waals surface area contributed by atoms with Crippen LogP contribution in [-0.4, -0.2) is 62.6 Å². The fraction of sp³-hybridized carbons (Fsp3) is 0.619. The molecule has 2 aromatic rings. The average molecular weight is 383 g/mol. The first-order chi connectivity index (χ1) is 13.3. The van der Waals surface area contributed by atoms with E-state index < -0.39 is 0 Å². The van der Waals surface area contributed by atoms with Gasteiger partial charge in [-0.15, -0.1) is 0 Å². The van der Waals surface area contributed by atoms with E-state index in [0.29, 0.717) is 24.7 Å². The Labute approximate surface area is 166 Å². The normalized spacial score (nSPS) is 20.9. The molecule has 7 nitrogen and oxygen atoms in total. The van der Waals surface area contributed by atoms with Crippen molar-refractivity contribution in [2.75, 3.05) is 26.7 Å². The molecule has 0 aromatic carbocycles. The van der Waals surface area contributed by atoms with E-state index >= 15 is 0 Å². The Balaban J connectivity index is 1.47. The fourth-order valence-corrected chi connectivity index (χ4v) is 4.06. The molecule has 0 aliphatic carbocycles. The monoisotopic (exact) mass is 382 g/mol. The van der Waals surface area contributed by atoms with Gasteiger partial charge in [0, 0.05) is 54.8 Å². The van der Waals surface area contributed by atoms with Gasteiger partial charge in [-0.25, -0.2) is 9.97 Å². The van der Waals surface area contributed by atoms with Gasteiger partial charge < -0.3 is 9.80 Å². The van der Waals surface area contributed by atoms with Crippen molar-refractivity contribution in [2.45, 2.75) is 57.9 Å². The second-order valence-electron chi connectivity index (χ2n) is 9.20. The van der Waals surface area contributed by atoms with Gasteiger partial charge in [0.25, 0.3) is 5.91 Å². The summed E-state index contributed by atoms with van der Waals surface area (Å²) >= 11 is 0. The minimum absolute atomic E-state index is 0.0321. The fourth-order valence-electron chi connectivity index (χ4n) is 4.06. The topological polar surface area (TPSA) is 78.0 Å². The number of hydrogen-bond donors (Lipinski definition) is 1. The number of carbonyl (C=O) groups excluding carboxylic acids is 1. The van der Waals surface area contributed by atoms with E-state index in [9.17, 15) is 4.79 Å². The zero-order valence-corrected chi connectivity index (χ0v) is 17.3. The number of piperidine rings is 1. The standard InChI is InChI=1S/C21H30N6O/c1-21(2,3)18-10-17(24-25-18)20(28)27-9-7-16-15(13-27)11-22-19(23-16)14-6-5-8-26(4)12-14/h10-11,14H,5-9,12-13H2,1-4H3,(H,24,25)/t14-/m1/s1. The SMILES string of the molecule is CN1CCC[C@@H](c2ncc3c(n2)CCN(C(=O)c2cc(C(C)(C)C)[nH]n2)C3)C1. The number of rotatable bonds is 2. The molecule has 2 aliphatic rings. The third-order valence-corrected chi connectivity index (χ3v) is 5.83. The third-order valence-electron chi connectivity index (χ3n) is 5.83. The van der Waals surface area contributed by atoms with Crippen molar-refractivity contribution in [3.63, 3.8) is 0 Å². The van der Waals surface area contributed by atoms with E-state index in [1.165, 1.54) is 6.42 Å². The highest BCUT2D eigenvalue weighted by Crippen LogP contribution is 2.26. The Bertz CT molecular complexity index is 868. The van der Waals surface area contributed by atoms with Crippen LogP contribution in [0.25, 0.3) is 0 Å². The van der Waals surface area contributed by atoms with Crippen molar-refractivity contribution in [3.8, 4) is 0 Å². The largest absolute Gasteiger partial charge is 0.332 e. The highest BCUT2D eigenvalue weighted by atomic mass is 16.2. The lowest BCUT2D eigenvalue weighted by atomic mass is 9.92. The van der Waals surface area contributed by atoms with E-state index in [0.717, 1.165) is 48.7 Å². The third kappa shape index (κ3) is 3.81. The molecule has 1 fully saturated rings. The van der Waals surface area contributed by atoms with E-state index in [2.05, 4.69) is 47.9 Å². The lowest BCUT2D eigenvalue weighted by Gasteiger charge is -2.30. The summed E-state index contributed by atoms with van der Waals surface area (Å²) in [5, 5.41) is 7.25. The average Bonchev–Trinajstić information content (AvgIpc) is 3.17. The maximum Gasteiger partial charge on any atom is 0.274 e. The molecule has 0 spiro atoms. The predicted molar refractivity (Wildman–Crippen MR) is 107 cm³/mol. The molecular weight excluding hydrogens is 352 g/mol. The van der Waals surface area contributed by atoms with Crippen molar-refractivity contribution in [1.82, 2.24) is 30.0 Å². The summed E-state index contributed by atoms with van der Waals surface area (Å²) < 4.78 is 0. The Kier molecular flexibility index (Phi) is 4.95. The molecule has 4 heterocycles.